The van der Waals surface area contributed by atoms with Crippen LogP contribution in [0.15, 0.2) is 52.9 Å². The Morgan fingerprint density at radius 2 is 1.76 bits per heavy atom. The highest BCUT2D eigenvalue weighted by molar-refractivity contribution is 5.84. The standard InChI is InChI=1S/C21H24N2O2/c1-22-9-11-23(12-10-22)15-19-18-14-17(13-16-5-3-2-4-6-16)25-21(18)8-7-20(19)24/h2-8,14,24H,9-13,15H2,1H3. The van der Waals surface area contributed by atoms with Gasteiger partial charge >= 0.3 is 0 Å². The number of furan rings is 1. The zero-order valence-electron chi connectivity index (χ0n) is 14.6. The van der Waals surface area contributed by atoms with E-state index in [2.05, 4.69) is 35.0 Å². The van der Waals surface area contributed by atoms with E-state index in [1.165, 1.54) is 5.56 Å². The number of likely N-dealkylation sites (N-methyl/N-ethyl adjacent to an activating group) is 1. The lowest BCUT2D eigenvalue weighted by atomic mass is 10.1. The number of phenolic OH excluding ortho intramolecular Hbond substituents is 1. The van der Waals surface area contributed by atoms with Gasteiger partial charge in [0.25, 0.3) is 0 Å². The first-order chi connectivity index (χ1) is 12.2. The van der Waals surface area contributed by atoms with Gasteiger partial charge < -0.3 is 14.4 Å². The first-order valence-corrected chi connectivity index (χ1v) is 8.87. The molecule has 1 fully saturated rings. The van der Waals surface area contributed by atoms with Crippen molar-refractivity contribution in [2.45, 2.75) is 13.0 Å². The quantitative estimate of drug-likeness (QED) is 0.792. The van der Waals surface area contributed by atoms with Crippen molar-refractivity contribution < 1.29 is 9.52 Å². The molecule has 0 saturated carbocycles. The van der Waals surface area contributed by atoms with E-state index in [4.69, 9.17) is 4.42 Å². The number of hydrogen-bond donors (Lipinski definition) is 1. The lowest BCUT2D eigenvalue weighted by Crippen LogP contribution is -2.43. The van der Waals surface area contributed by atoms with Gasteiger partial charge in [0, 0.05) is 50.1 Å². The van der Waals surface area contributed by atoms with Crippen molar-refractivity contribution >= 4 is 11.0 Å². The van der Waals surface area contributed by atoms with E-state index in [0.717, 1.165) is 61.4 Å². The zero-order chi connectivity index (χ0) is 17.2. The highest BCUT2D eigenvalue weighted by Gasteiger charge is 2.18. The molecule has 4 rings (SSSR count). The van der Waals surface area contributed by atoms with Gasteiger partial charge in [0.15, 0.2) is 0 Å². The Morgan fingerprint density at radius 1 is 1.00 bits per heavy atom. The molecule has 1 saturated heterocycles. The fourth-order valence-corrected chi connectivity index (χ4v) is 3.49. The van der Waals surface area contributed by atoms with Crippen LogP contribution >= 0.6 is 0 Å². The van der Waals surface area contributed by atoms with Gasteiger partial charge in [-0.25, -0.2) is 0 Å². The zero-order valence-corrected chi connectivity index (χ0v) is 14.6. The molecule has 0 aliphatic carbocycles. The van der Waals surface area contributed by atoms with Gasteiger partial charge in [0.05, 0.1) is 0 Å². The number of hydrogen-bond acceptors (Lipinski definition) is 4. The van der Waals surface area contributed by atoms with Crippen molar-refractivity contribution in [1.82, 2.24) is 9.80 Å². The summed E-state index contributed by atoms with van der Waals surface area (Å²) in [5.74, 6) is 1.30. The van der Waals surface area contributed by atoms with E-state index in [9.17, 15) is 5.11 Å². The minimum absolute atomic E-state index is 0.360. The van der Waals surface area contributed by atoms with Crippen LogP contribution in [0.25, 0.3) is 11.0 Å². The van der Waals surface area contributed by atoms with Gasteiger partial charge in [-0.3, -0.25) is 4.90 Å². The summed E-state index contributed by atoms with van der Waals surface area (Å²) >= 11 is 0. The summed E-state index contributed by atoms with van der Waals surface area (Å²) in [7, 11) is 2.15. The minimum atomic E-state index is 0.360. The fraction of sp³-hybridized carbons (Fsp3) is 0.333. The Labute approximate surface area is 148 Å². The molecule has 0 unspecified atom stereocenters. The third-order valence-electron chi connectivity index (χ3n) is 5.04. The molecule has 0 atom stereocenters. The second-order valence-electron chi connectivity index (χ2n) is 6.93. The first kappa shape index (κ1) is 16.2. The first-order valence-electron chi connectivity index (χ1n) is 8.87. The van der Waals surface area contributed by atoms with Crippen molar-refractivity contribution in [2.75, 3.05) is 33.2 Å². The van der Waals surface area contributed by atoms with Crippen LogP contribution in [-0.2, 0) is 13.0 Å². The van der Waals surface area contributed by atoms with Crippen molar-refractivity contribution in [3.8, 4) is 5.75 Å². The molecule has 1 aromatic heterocycles. The molecule has 0 amide bonds. The Morgan fingerprint density at radius 3 is 2.52 bits per heavy atom. The molecule has 0 radical (unpaired) electrons. The van der Waals surface area contributed by atoms with Crippen LogP contribution < -0.4 is 0 Å². The molecule has 3 aromatic rings. The van der Waals surface area contributed by atoms with Gasteiger partial charge in [-0.2, -0.15) is 0 Å². The number of fused-ring (bicyclic) bond motifs is 1. The maximum Gasteiger partial charge on any atom is 0.134 e. The average molecular weight is 336 g/mol. The van der Waals surface area contributed by atoms with E-state index in [0.29, 0.717) is 5.75 Å². The summed E-state index contributed by atoms with van der Waals surface area (Å²) in [5, 5.41) is 11.4. The molecule has 2 aromatic carbocycles. The van der Waals surface area contributed by atoms with Crippen LogP contribution in [-0.4, -0.2) is 48.1 Å². The van der Waals surface area contributed by atoms with E-state index in [1.54, 1.807) is 6.07 Å². The summed E-state index contributed by atoms with van der Waals surface area (Å²) < 4.78 is 6.04. The molecule has 2 heterocycles. The third kappa shape index (κ3) is 3.55. The molecule has 0 spiro atoms. The largest absolute Gasteiger partial charge is 0.508 e. The van der Waals surface area contributed by atoms with Crippen LogP contribution in [0.4, 0.5) is 0 Å². The molecule has 130 valence electrons. The van der Waals surface area contributed by atoms with E-state index < -0.39 is 0 Å². The Bertz CT molecular complexity index is 849. The van der Waals surface area contributed by atoms with Crippen molar-refractivity contribution in [3.05, 3.63) is 65.4 Å². The molecular weight excluding hydrogens is 312 g/mol. The highest BCUT2D eigenvalue weighted by atomic mass is 16.3. The molecule has 0 bridgehead atoms. The summed E-state index contributed by atoms with van der Waals surface area (Å²) in [6.45, 7) is 4.96. The molecule has 25 heavy (non-hydrogen) atoms. The summed E-state index contributed by atoms with van der Waals surface area (Å²) in [6.07, 6.45) is 0.768. The molecule has 1 N–H and O–H groups in total. The lowest BCUT2D eigenvalue weighted by Gasteiger charge is -2.32. The van der Waals surface area contributed by atoms with Crippen molar-refractivity contribution in [3.63, 3.8) is 0 Å². The maximum absolute atomic E-state index is 10.4. The van der Waals surface area contributed by atoms with Crippen molar-refractivity contribution in [1.29, 1.82) is 0 Å². The second-order valence-corrected chi connectivity index (χ2v) is 6.93. The van der Waals surface area contributed by atoms with Gasteiger partial charge in [0.1, 0.15) is 17.1 Å². The molecule has 1 aliphatic heterocycles. The van der Waals surface area contributed by atoms with Crippen LogP contribution in [0.5, 0.6) is 5.75 Å². The van der Waals surface area contributed by atoms with Gasteiger partial charge in [-0.1, -0.05) is 30.3 Å². The van der Waals surface area contributed by atoms with Crippen LogP contribution in [0.1, 0.15) is 16.9 Å². The van der Waals surface area contributed by atoms with Gasteiger partial charge in [-0.15, -0.1) is 0 Å². The molecule has 4 nitrogen and oxygen atoms in total. The van der Waals surface area contributed by atoms with E-state index in [1.807, 2.05) is 24.3 Å². The number of benzene rings is 2. The van der Waals surface area contributed by atoms with Gasteiger partial charge in [-0.05, 0) is 30.8 Å². The fourth-order valence-electron chi connectivity index (χ4n) is 3.49. The predicted octanol–water partition coefficient (Wildman–Crippen LogP) is 3.48. The number of phenols is 1. The van der Waals surface area contributed by atoms with Crippen LogP contribution in [0.2, 0.25) is 0 Å². The van der Waals surface area contributed by atoms with Gasteiger partial charge in [0.2, 0.25) is 0 Å². The number of nitrogens with zero attached hydrogens (tertiary/aromatic N) is 2. The maximum atomic E-state index is 10.4. The molecular formula is C21H24N2O2. The van der Waals surface area contributed by atoms with Crippen LogP contribution in [0, 0.1) is 0 Å². The Balaban J connectivity index is 1.61. The topological polar surface area (TPSA) is 39.9 Å². The smallest absolute Gasteiger partial charge is 0.134 e. The Hall–Kier alpha value is -2.30. The summed E-state index contributed by atoms with van der Waals surface area (Å²) in [6, 6.07) is 16.0. The number of aromatic hydroxyl groups is 1. The second kappa shape index (κ2) is 6.90. The van der Waals surface area contributed by atoms with E-state index in [-0.39, 0.29) is 0 Å². The summed E-state index contributed by atoms with van der Waals surface area (Å²) in [4.78, 5) is 4.74. The summed E-state index contributed by atoms with van der Waals surface area (Å²) in [5.41, 5.74) is 3.06. The lowest BCUT2D eigenvalue weighted by molar-refractivity contribution is 0.147. The minimum Gasteiger partial charge on any atom is -0.508 e. The third-order valence-corrected chi connectivity index (χ3v) is 5.04. The number of piperazine rings is 1. The van der Waals surface area contributed by atoms with E-state index >= 15 is 0 Å². The predicted molar refractivity (Wildman–Crippen MR) is 99.9 cm³/mol. The SMILES string of the molecule is CN1CCN(Cc2c(O)ccc3oc(Cc4ccccc4)cc23)CC1. The van der Waals surface area contributed by atoms with Crippen molar-refractivity contribution in [2.24, 2.45) is 0 Å². The molecule has 4 heteroatoms. The highest BCUT2D eigenvalue weighted by Crippen LogP contribution is 2.31. The normalized spacial score (nSPS) is 16.5. The molecule has 1 aliphatic rings. The Kier molecular flexibility index (Phi) is 4.47. The monoisotopic (exact) mass is 336 g/mol. The number of rotatable bonds is 4. The van der Waals surface area contributed by atoms with Crippen LogP contribution in [0.3, 0.4) is 0 Å². The average Bonchev–Trinajstić information content (AvgIpc) is 3.03.